The third-order valence-corrected chi connectivity index (χ3v) is 2.66. The Morgan fingerprint density at radius 2 is 1.82 bits per heavy atom. The van der Waals surface area contributed by atoms with E-state index in [9.17, 15) is 4.39 Å². The molecule has 2 rings (SSSR count). The van der Waals surface area contributed by atoms with E-state index in [1.807, 2.05) is 30.1 Å². The van der Waals surface area contributed by atoms with Crippen molar-refractivity contribution in [1.29, 1.82) is 0 Å². The van der Waals surface area contributed by atoms with Crippen LogP contribution < -0.4 is 10.6 Å². The minimum atomic E-state index is -0.306. The zero-order valence-electron chi connectivity index (χ0n) is 9.73. The van der Waals surface area contributed by atoms with Crippen LogP contribution in [0.25, 0.3) is 0 Å². The summed E-state index contributed by atoms with van der Waals surface area (Å²) in [7, 11) is 1.94. The number of hydrogen-bond acceptors (Lipinski definition) is 2. The molecule has 0 saturated heterocycles. The zero-order chi connectivity index (χ0) is 12.3. The summed E-state index contributed by atoms with van der Waals surface area (Å²) in [5.74, 6) is -0.306. The summed E-state index contributed by atoms with van der Waals surface area (Å²) in [5, 5.41) is 0. The molecule has 17 heavy (non-hydrogen) atoms. The Kier molecular flexibility index (Phi) is 3.28. The second kappa shape index (κ2) is 4.87. The number of benzene rings is 2. The SMILES string of the molecule is CN(Cc1ccccc1)c1ccc(F)cc1N. The van der Waals surface area contributed by atoms with Gasteiger partial charge in [-0.1, -0.05) is 30.3 Å². The highest BCUT2D eigenvalue weighted by Crippen LogP contribution is 2.24. The predicted octanol–water partition coefficient (Wildman–Crippen LogP) is 3.04. The molecule has 2 aromatic carbocycles. The van der Waals surface area contributed by atoms with E-state index in [2.05, 4.69) is 12.1 Å². The molecule has 0 spiro atoms. The number of nitrogen functional groups attached to an aromatic ring is 1. The fourth-order valence-corrected chi connectivity index (χ4v) is 1.82. The molecule has 0 atom stereocenters. The summed E-state index contributed by atoms with van der Waals surface area (Å²) in [6.45, 7) is 0.747. The van der Waals surface area contributed by atoms with E-state index >= 15 is 0 Å². The van der Waals surface area contributed by atoms with Crippen molar-refractivity contribution in [2.75, 3.05) is 17.7 Å². The quantitative estimate of drug-likeness (QED) is 0.821. The van der Waals surface area contributed by atoms with E-state index in [0.29, 0.717) is 5.69 Å². The van der Waals surface area contributed by atoms with Crippen LogP contribution in [0.4, 0.5) is 15.8 Å². The van der Waals surface area contributed by atoms with Crippen LogP contribution in [0, 0.1) is 5.82 Å². The molecular weight excluding hydrogens is 215 g/mol. The largest absolute Gasteiger partial charge is 0.397 e. The van der Waals surface area contributed by atoms with Crippen LogP contribution >= 0.6 is 0 Å². The van der Waals surface area contributed by atoms with Gasteiger partial charge in [-0.2, -0.15) is 0 Å². The highest BCUT2D eigenvalue weighted by atomic mass is 19.1. The summed E-state index contributed by atoms with van der Waals surface area (Å²) >= 11 is 0. The number of hydrogen-bond donors (Lipinski definition) is 1. The van der Waals surface area contributed by atoms with Crippen molar-refractivity contribution in [3.63, 3.8) is 0 Å². The molecule has 3 heteroatoms. The molecule has 88 valence electrons. The Bertz CT molecular complexity index is 497. The highest BCUT2D eigenvalue weighted by molar-refractivity contribution is 5.67. The van der Waals surface area contributed by atoms with Gasteiger partial charge in [-0.25, -0.2) is 4.39 Å². The van der Waals surface area contributed by atoms with Gasteiger partial charge in [0.1, 0.15) is 5.82 Å². The molecule has 2 nitrogen and oxygen atoms in total. The summed E-state index contributed by atoms with van der Waals surface area (Å²) in [6, 6.07) is 14.5. The van der Waals surface area contributed by atoms with Gasteiger partial charge in [0.15, 0.2) is 0 Å². The van der Waals surface area contributed by atoms with Crippen LogP contribution in [0.15, 0.2) is 48.5 Å². The lowest BCUT2D eigenvalue weighted by atomic mass is 10.2. The summed E-state index contributed by atoms with van der Waals surface area (Å²) < 4.78 is 12.9. The number of rotatable bonds is 3. The van der Waals surface area contributed by atoms with Gasteiger partial charge in [-0.15, -0.1) is 0 Å². The molecule has 0 unspecified atom stereocenters. The van der Waals surface area contributed by atoms with Gasteiger partial charge >= 0.3 is 0 Å². The Hall–Kier alpha value is -2.03. The summed E-state index contributed by atoms with van der Waals surface area (Å²) in [5.41, 5.74) is 8.29. The van der Waals surface area contributed by atoms with E-state index in [-0.39, 0.29) is 5.82 Å². The lowest BCUT2D eigenvalue weighted by molar-refractivity contribution is 0.628. The Balaban J connectivity index is 2.17. The molecule has 0 aromatic heterocycles. The smallest absolute Gasteiger partial charge is 0.125 e. The first-order valence-electron chi connectivity index (χ1n) is 5.47. The monoisotopic (exact) mass is 230 g/mol. The number of halogens is 1. The first-order valence-corrected chi connectivity index (χ1v) is 5.47. The molecule has 0 aliphatic carbocycles. The topological polar surface area (TPSA) is 29.3 Å². The fraction of sp³-hybridized carbons (Fsp3) is 0.143. The second-order valence-electron chi connectivity index (χ2n) is 4.04. The van der Waals surface area contributed by atoms with Gasteiger partial charge in [0.25, 0.3) is 0 Å². The standard InChI is InChI=1S/C14H15FN2/c1-17(10-11-5-3-2-4-6-11)14-8-7-12(15)9-13(14)16/h2-9H,10,16H2,1H3. The molecule has 2 N–H and O–H groups in total. The molecule has 0 aliphatic heterocycles. The molecule has 0 radical (unpaired) electrons. The number of nitrogens with zero attached hydrogens (tertiary/aromatic N) is 1. The molecule has 0 fully saturated rings. The van der Waals surface area contributed by atoms with Crippen molar-refractivity contribution in [2.24, 2.45) is 0 Å². The molecule has 2 aromatic rings. The van der Waals surface area contributed by atoms with Crippen molar-refractivity contribution in [2.45, 2.75) is 6.54 Å². The first kappa shape index (κ1) is 11.5. The van der Waals surface area contributed by atoms with Crippen molar-refractivity contribution < 1.29 is 4.39 Å². The lowest BCUT2D eigenvalue weighted by Crippen LogP contribution is -2.17. The molecular formula is C14H15FN2. The van der Waals surface area contributed by atoms with Gasteiger partial charge in [0.05, 0.1) is 11.4 Å². The first-order chi connectivity index (χ1) is 8.16. The Morgan fingerprint density at radius 1 is 1.12 bits per heavy atom. The Labute approximate surface area is 100 Å². The van der Waals surface area contributed by atoms with Crippen LogP contribution in [-0.2, 0) is 6.54 Å². The minimum absolute atomic E-state index is 0.306. The van der Waals surface area contributed by atoms with Crippen LogP contribution in [-0.4, -0.2) is 7.05 Å². The normalized spacial score (nSPS) is 10.2. The van der Waals surface area contributed by atoms with Gasteiger partial charge in [-0.3, -0.25) is 0 Å². The number of nitrogens with two attached hydrogens (primary N) is 1. The number of anilines is 2. The predicted molar refractivity (Wildman–Crippen MR) is 69.4 cm³/mol. The van der Waals surface area contributed by atoms with Crippen molar-refractivity contribution in [1.82, 2.24) is 0 Å². The van der Waals surface area contributed by atoms with Gasteiger partial charge in [0, 0.05) is 13.6 Å². The molecule has 0 heterocycles. The summed E-state index contributed by atoms with van der Waals surface area (Å²) in [6.07, 6.45) is 0. The van der Waals surface area contributed by atoms with Crippen LogP contribution in [0.1, 0.15) is 5.56 Å². The van der Waals surface area contributed by atoms with Crippen molar-refractivity contribution >= 4 is 11.4 Å². The highest BCUT2D eigenvalue weighted by Gasteiger charge is 2.06. The van der Waals surface area contributed by atoms with E-state index in [1.165, 1.54) is 17.7 Å². The van der Waals surface area contributed by atoms with Crippen molar-refractivity contribution in [3.8, 4) is 0 Å². The van der Waals surface area contributed by atoms with Crippen LogP contribution in [0.2, 0.25) is 0 Å². The minimum Gasteiger partial charge on any atom is -0.397 e. The molecule has 0 bridgehead atoms. The van der Waals surface area contributed by atoms with E-state index in [1.54, 1.807) is 6.07 Å². The van der Waals surface area contributed by atoms with E-state index in [0.717, 1.165) is 12.2 Å². The molecule has 0 amide bonds. The maximum Gasteiger partial charge on any atom is 0.125 e. The van der Waals surface area contributed by atoms with E-state index in [4.69, 9.17) is 5.73 Å². The molecule has 0 aliphatic rings. The van der Waals surface area contributed by atoms with Crippen LogP contribution in [0.3, 0.4) is 0 Å². The van der Waals surface area contributed by atoms with E-state index < -0.39 is 0 Å². The fourth-order valence-electron chi connectivity index (χ4n) is 1.82. The van der Waals surface area contributed by atoms with Crippen molar-refractivity contribution in [3.05, 3.63) is 59.9 Å². The molecule has 0 saturated carbocycles. The van der Waals surface area contributed by atoms with Gasteiger partial charge in [0.2, 0.25) is 0 Å². The Morgan fingerprint density at radius 3 is 2.47 bits per heavy atom. The van der Waals surface area contributed by atoms with Crippen LogP contribution in [0.5, 0.6) is 0 Å². The average Bonchev–Trinajstić information content (AvgIpc) is 2.30. The maximum atomic E-state index is 12.9. The summed E-state index contributed by atoms with van der Waals surface area (Å²) in [4.78, 5) is 2.00. The second-order valence-corrected chi connectivity index (χ2v) is 4.04. The van der Waals surface area contributed by atoms with Gasteiger partial charge in [-0.05, 0) is 23.8 Å². The average molecular weight is 230 g/mol. The maximum absolute atomic E-state index is 12.9. The van der Waals surface area contributed by atoms with Gasteiger partial charge < -0.3 is 10.6 Å². The third kappa shape index (κ3) is 2.75. The third-order valence-electron chi connectivity index (χ3n) is 2.66. The zero-order valence-corrected chi connectivity index (χ0v) is 9.73. The lowest BCUT2D eigenvalue weighted by Gasteiger charge is -2.21.